The molecule has 86 valence electrons. The quantitative estimate of drug-likeness (QED) is 0.647. The second kappa shape index (κ2) is 6.36. The van der Waals surface area contributed by atoms with Crippen LogP contribution in [0.1, 0.15) is 6.42 Å². The van der Waals surface area contributed by atoms with Gasteiger partial charge in [0.15, 0.2) is 6.10 Å². The zero-order valence-electron chi connectivity index (χ0n) is 7.80. The molecule has 0 aromatic rings. The maximum Gasteiger partial charge on any atom is 0.415 e. The van der Waals surface area contributed by atoms with Crippen molar-refractivity contribution in [1.29, 1.82) is 0 Å². The fourth-order valence-corrected chi connectivity index (χ4v) is 1.31. The molecule has 2 unspecified atom stereocenters. The van der Waals surface area contributed by atoms with Crippen LogP contribution in [-0.4, -0.2) is 46.7 Å². The van der Waals surface area contributed by atoms with Crippen molar-refractivity contribution in [2.75, 3.05) is 25.1 Å². The Morgan fingerprint density at radius 3 is 2.50 bits per heavy atom. The molecule has 0 spiro atoms. The van der Waals surface area contributed by atoms with Crippen LogP contribution in [0.25, 0.3) is 0 Å². The second-order valence-corrected chi connectivity index (χ2v) is 4.45. The first kappa shape index (κ1) is 13.9. The van der Waals surface area contributed by atoms with Crippen LogP contribution in [0.2, 0.25) is 0 Å². The number of aliphatic hydroxyl groups excluding tert-OH is 1. The van der Waals surface area contributed by atoms with Gasteiger partial charge in [0, 0.05) is 29.4 Å². The number of halogens is 3. The molecule has 0 rings (SSSR count). The van der Waals surface area contributed by atoms with E-state index >= 15 is 0 Å². The third kappa shape index (κ3) is 7.28. The van der Waals surface area contributed by atoms with Gasteiger partial charge in [-0.05, 0) is 13.0 Å². The highest BCUT2D eigenvalue weighted by atomic mass is 32.2. The van der Waals surface area contributed by atoms with Crippen LogP contribution < -0.4 is 5.32 Å². The van der Waals surface area contributed by atoms with E-state index in [4.69, 9.17) is 5.11 Å². The van der Waals surface area contributed by atoms with Gasteiger partial charge in [-0.2, -0.15) is 13.2 Å². The average Bonchev–Trinajstić information content (AvgIpc) is 2.01. The molecule has 0 bridgehead atoms. The van der Waals surface area contributed by atoms with E-state index in [-0.39, 0.29) is 0 Å². The van der Waals surface area contributed by atoms with Crippen LogP contribution in [-0.2, 0) is 10.8 Å². The zero-order chi connectivity index (χ0) is 11.2. The van der Waals surface area contributed by atoms with Crippen LogP contribution in [0.5, 0.6) is 0 Å². The molecule has 0 radical (unpaired) electrons. The van der Waals surface area contributed by atoms with Gasteiger partial charge in [0.05, 0.1) is 0 Å². The summed E-state index contributed by atoms with van der Waals surface area (Å²) in [6.07, 6.45) is -4.83. The first-order valence-electron chi connectivity index (χ1n) is 4.09. The largest absolute Gasteiger partial charge is 0.415 e. The lowest BCUT2D eigenvalue weighted by Crippen LogP contribution is -2.38. The van der Waals surface area contributed by atoms with Crippen LogP contribution in [0, 0.1) is 0 Å². The van der Waals surface area contributed by atoms with Crippen LogP contribution in [0.3, 0.4) is 0 Å². The Kier molecular flexibility index (Phi) is 6.30. The normalized spacial score (nSPS) is 16.6. The molecule has 0 aliphatic heterocycles. The van der Waals surface area contributed by atoms with Crippen molar-refractivity contribution in [2.24, 2.45) is 0 Å². The van der Waals surface area contributed by atoms with Gasteiger partial charge in [0.25, 0.3) is 0 Å². The van der Waals surface area contributed by atoms with E-state index in [0.29, 0.717) is 18.7 Å². The van der Waals surface area contributed by atoms with Crippen molar-refractivity contribution < 1.29 is 22.5 Å². The molecule has 0 fully saturated rings. The van der Waals surface area contributed by atoms with Gasteiger partial charge in [0.2, 0.25) is 0 Å². The fraction of sp³-hybridized carbons (Fsp3) is 1.00. The maximum absolute atomic E-state index is 11.7. The molecular weight excluding hydrogens is 219 g/mol. The predicted molar refractivity (Wildman–Crippen MR) is 48.5 cm³/mol. The molecule has 0 amide bonds. The highest BCUT2D eigenvalue weighted by Crippen LogP contribution is 2.18. The number of hydrogen-bond acceptors (Lipinski definition) is 3. The molecule has 0 saturated carbocycles. The van der Waals surface area contributed by atoms with Gasteiger partial charge < -0.3 is 10.4 Å². The van der Waals surface area contributed by atoms with E-state index in [1.165, 1.54) is 6.26 Å². The highest BCUT2D eigenvalue weighted by Gasteiger charge is 2.37. The Bertz CT molecular complexity index is 186. The zero-order valence-corrected chi connectivity index (χ0v) is 8.62. The maximum atomic E-state index is 11.7. The summed E-state index contributed by atoms with van der Waals surface area (Å²) < 4.78 is 45.8. The fourth-order valence-electron chi connectivity index (χ4n) is 0.755. The Morgan fingerprint density at radius 1 is 1.50 bits per heavy atom. The van der Waals surface area contributed by atoms with E-state index in [1.54, 1.807) is 0 Å². The molecule has 0 aliphatic rings. The standard InChI is InChI=1S/C7H14F3NO2S/c1-14(13)4-2-3-11-5-6(12)7(8,9)10/h6,11-12H,2-5H2,1H3. The summed E-state index contributed by atoms with van der Waals surface area (Å²) in [7, 11) is -0.922. The minimum Gasteiger partial charge on any atom is -0.382 e. The van der Waals surface area contributed by atoms with E-state index in [2.05, 4.69) is 5.32 Å². The van der Waals surface area contributed by atoms with Crippen LogP contribution in [0.4, 0.5) is 13.2 Å². The van der Waals surface area contributed by atoms with Crippen molar-refractivity contribution in [3.05, 3.63) is 0 Å². The van der Waals surface area contributed by atoms with E-state index < -0.39 is 29.6 Å². The van der Waals surface area contributed by atoms with Crippen molar-refractivity contribution >= 4 is 10.8 Å². The Morgan fingerprint density at radius 2 is 2.07 bits per heavy atom. The summed E-state index contributed by atoms with van der Waals surface area (Å²) in [5.41, 5.74) is 0. The van der Waals surface area contributed by atoms with Gasteiger partial charge in [-0.3, -0.25) is 4.21 Å². The summed E-state index contributed by atoms with van der Waals surface area (Å²) in [6.45, 7) is -0.188. The third-order valence-corrected chi connectivity index (χ3v) is 2.36. The minimum absolute atomic E-state index is 0.326. The first-order valence-corrected chi connectivity index (χ1v) is 5.82. The lowest BCUT2D eigenvalue weighted by Gasteiger charge is -2.14. The highest BCUT2D eigenvalue weighted by molar-refractivity contribution is 7.84. The topological polar surface area (TPSA) is 49.3 Å². The number of alkyl halides is 3. The molecule has 0 heterocycles. The summed E-state index contributed by atoms with van der Waals surface area (Å²) in [5, 5.41) is 11.0. The van der Waals surface area contributed by atoms with Gasteiger partial charge >= 0.3 is 6.18 Å². The Labute approximate surface area is 83.1 Å². The number of nitrogens with one attached hydrogen (secondary N) is 1. The number of aliphatic hydroxyl groups is 1. The van der Waals surface area contributed by atoms with Gasteiger partial charge in [0.1, 0.15) is 0 Å². The SMILES string of the molecule is CS(=O)CCCNCC(O)C(F)(F)F. The van der Waals surface area contributed by atoms with Crippen LogP contribution >= 0.6 is 0 Å². The lowest BCUT2D eigenvalue weighted by atomic mass is 10.3. The summed E-state index contributed by atoms with van der Waals surface area (Å²) >= 11 is 0. The van der Waals surface area contributed by atoms with E-state index in [0.717, 1.165) is 0 Å². The van der Waals surface area contributed by atoms with Crippen molar-refractivity contribution in [3.8, 4) is 0 Å². The third-order valence-electron chi connectivity index (χ3n) is 1.50. The van der Waals surface area contributed by atoms with Gasteiger partial charge in [-0.15, -0.1) is 0 Å². The van der Waals surface area contributed by atoms with Crippen molar-refractivity contribution in [2.45, 2.75) is 18.7 Å². The van der Waals surface area contributed by atoms with Crippen LogP contribution in [0.15, 0.2) is 0 Å². The van der Waals surface area contributed by atoms with Crippen molar-refractivity contribution in [3.63, 3.8) is 0 Å². The summed E-state index contributed by atoms with van der Waals surface area (Å²) in [6, 6.07) is 0. The summed E-state index contributed by atoms with van der Waals surface area (Å²) in [5.74, 6) is 0.453. The molecule has 14 heavy (non-hydrogen) atoms. The molecule has 0 aliphatic carbocycles. The average molecular weight is 233 g/mol. The lowest BCUT2D eigenvalue weighted by molar-refractivity contribution is -0.201. The summed E-state index contributed by atoms with van der Waals surface area (Å²) in [4.78, 5) is 0. The molecule has 0 aromatic heterocycles. The minimum atomic E-state index is -4.57. The van der Waals surface area contributed by atoms with Crippen molar-refractivity contribution in [1.82, 2.24) is 5.32 Å². The van der Waals surface area contributed by atoms with Gasteiger partial charge in [-0.25, -0.2) is 0 Å². The number of hydrogen-bond donors (Lipinski definition) is 2. The molecule has 7 heteroatoms. The second-order valence-electron chi connectivity index (χ2n) is 2.89. The van der Waals surface area contributed by atoms with E-state index in [9.17, 15) is 17.4 Å². The molecule has 0 aromatic carbocycles. The number of rotatable bonds is 6. The van der Waals surface area contributed by atoms with Gasteiger partial charge in [-0.1, -0.05) is 0 Å². The molecule has 3 nitrogen and oxygen atoms in total. The predicted octanol–water partition coefficient (Wildman–Crippen LogP) is 0.268. The molecular formula is C7H14F3NO2S. The monoisotopic (exact) mass is 233 g/mol. The molecule has 0 saturated heterocycles. The van der Waals surface area contributed by atoms with E-state index in [1.807, 2.05) is 0 Å². The molecule has 2 N–H and O–H groups in total. The molecule has 2 atom stereocenters. The Balaban J connectivity index is 3.41. The Hall–Kier alpha value is -0.140. The smallest absolute Gasteiger partial charge is 0.382 e. The first-order chi connectivity index (χ1) is 6.34.